The van der Waals surface area contributed by atoms with Crippen molar-refractivity contribution in [3.8, 4) is 0 Å². The molecule has 1 aliphatic rings. The van der Waals surface area contributed by atoms with Crippen LogP contribution >= 0.6 is 0 Å². The summed E-state index contributed by atoms with van der Waals surface area (Å²) < 4.78 is 17.5. The third-order valence-electron chi connectivity index (χ3n) is 1.80. The van der Waals surface area contributed by atoms with E-state index in [2.05, 4.69) is 4.74 Å². The van der Waals surface area contributed by atoms with Crippen LogP contribution < -0.4 is 0 Å². The summed E-state index contributed by atoms with van der Waals surface area (Å²) in [5.74, 6) is -1.37. The van der Waals surface area contributed by atoms with E-state index in [4.69, 9.17) is 0 Å². The molecule has 0 atom stereocenters. The number of aldehydes is 1. The molecule has 70 valence electrons. The average Bonchev–Trinajstić information content (AvgIpc) is 2.16. The Morgan fingerprint density at radius 2 is 2.38 bits per heavy atom. The fraction of sp³-hybridized carbons (Fsp3) is 0.333. The van der Waals surface area contributed by atoms with Crippen molar-refractivity contribution in [3.63, 3.8) is 0 Å². The molecule has 4 heteroatoms. The van der Waals surface area contributed by atoms with Gasteiger partial charge in [0.1, 0.15) is 11.4 Å². The second-order valence-electron chi connectivity index (χ2n) is 2.59. The highest BCUT2D eigenvalue weighted by molar-refractivity contribution is 6.02. The minimum atomic E-state index is -0.796. The highest BCUT2D eigenvalue weighted by Gasteiger charge is 2.22. The lowest BCUT2D eigenvalue weighted by Gasteiger charge is -2.11. The fourth-order valence-electron chi connectivity index (χ4n) is 1.18. The molecule has 0 unspecified atom stereocenters. The van der Waals surface area contributed by atoms with Crippen LogP contribution in [0.3, 0.4) is 0 Å². The lowest BCUT2D eigenvalue weighted by atomic mass is 9.98. The van der Waals surface area contributed by atoms with Crippen molar-refractivity contribution in [2.75, 3.05) is 7.11 Å². The molecule has 0 spiro atoms. The van der Waals surface area contributed by atoms with Gasteiger partial charge in [-0.2, -0.15) is 0 Å². The molecular weight excluding hydrogens is 175 g/mol. The molecule has 0 aromatic carbocycles. The van der Waals surface area contributed by atoms with Gasteiger partial charge in [-0.05, 0) is 6.42 Å². The predicted octanol–water partition coefficient (Wildman–Crippen LogP) is 1.30. The van der Waals surface area contributed by atoms with Crippen LogP contribution in [0.2, 0.25) is 0 Å². The Labute approximate surface area is 74.9 Å². The van der Waals surface area contributed by atoms with E-state index < -0.39 is 11.8 Å². The number of halogens is 1. The van der Waals surface area contributed by atoms with Crippen LogP contribution in [0, 0.1) is 0 Å². The molecule has 1 aliphatic carbocycles. The van der Waals surface area contributed by atoms with Crippen LogP contribution in [0.5, 0.6) is 0 Å². The van der Waals surface area contributed by atoms with E-state index in [0.717, 1.165) is 7.11 Å². The van der Waals surface area contributed by atoms with E-state index in [1.54, 1.807) is 0 Å². The van der Waals surface area contributed by atoms with Crippen molar-refractivity contribution in [2.24, 2.45) is 0 Å². The molecule has 0 heterocycles. The Balaban J connectivity index is 3.06. The molecule has 0 radical (unpaired) electrons. The molecule has 0 aromatic rings. The third kappa shape index (κ3) is 1.83. The van der Waals surface area contributed by atoms with Crippen LogP contribution in [0.4, 0.5) is 4.39 Å². The van der Waals surface area contributed by atoms with Gasteiger partial charge in [-0.1, -0.05) is 6.08 Å². The van der Waals surface area contributed by atoms with Crippen molar-refractivity contribution in [1.82, 2.24) is 0 Å². The highest BCUT2D eigenvalue weighted by atomic mass is 19.1. The number of hydrogen-bond donors (Lipinski definition) is 0. The maximum absolute atomic E-state index is 13.1. The van der Waals surface area contributed by atoms with E-state index >= 15 is 0 Å². The Kier molecular flexibility index (Phi) is 2.95. The lowest BCUT2D eigenvalue weighted by Crippen LogP contribution is -2.12. The van der Waals surface area contributed by atoms with Gasteiger partial charge in [0.2, 0.25) is 0 Å². The summed E-state index contributed by atoms with van der Waals surface area (Å²) in [7, 11) is 1.15. The summed E-state index contributed by atoms with van der Waals surface area (Å²) in [5, 5.41) is 0. The first-order valence-corrected chi connectivity index (χ1v) is 3.83. The Hall–Kier alpha value is -1.45. The first-order chi connectivity index (χ1) is 6.20. The number of carbonyl (C=O) groups is 2. The van der Waals surface area contributed by atoms with E-state index in [0.29, 0.717) is 12.7 Å². The maximum atomic E-state index is 13.1. The molecule has 0 bridgehead atoms. The summed E-state index contributed by atoms with van der Waals surface area (Å²) in [6.07, 6.45) is 2.59. The summed E-state index contributed by atoms with van der Waals surface area (Å²) in [6.45, 7) is 0. The predicted molar refractivity (Wildman–Crippen MR) is 43.5 cm³/mol. The van der Waals surface area contributed by atoms with Crippen LogP contribution in [-0.4, -0.2) is 19.4 Å². The van der Waals surface area contributed by atoms with E-state index in [1.807, 2.05) is 0 Å². The molecule has 0 saturated carbocycles. The quantitative estimate of drug-likeness (QED) is 0.480. The van der Waals surface area contributed by atoms with Crippen LogP contribution in [0.25, 0.3) is 0 Å². The molecule has 1 rings (SSSR count). The van der Waals surface area contributed by atoms with E-state index in [9.17, 15) is 14.0 Å². The summed E-state index contributed by atoms with van der Waals surface area (Å²) >= 11 is 0. The Bertz CT molecular complexity index is 302. The number of rotatable bonds is 2. The molecule has 0 fully saturated rings. The maximum Gasteiger partial charge on any atom is 0.341 e. The zero-order valence-electron chi connectivity index (χ0n) is 7.17. The van der Waals surface area contributed by atoms with Crippen molar-refractivity contribution in [1.29, 1.82) is 0 Å². The summed E-state index contributed by atoms with van der Waals surface area (Å²) in [4.78, 5) is 21.5. The Morgan fingerprint density at radius 3 is 2.92 bits per heavy atom. The second kappa shape index (κ2) is 3.98. The zero-order valence-corrected chi connectivity index (χ0v) is 7.17. The lowest BCUT2D eigenvalue weighted by molar-refractivity contribution is -0.136. The fourth-order valence-corrected chi connectivity index (χ4v) is 1.18. The monoisotopic (exact) mass is 184 g/mol. The van der Waals surface area contributed by atoms with Gasteiger partial charge in [0, 0.05) is 12.0 Å². The molecular formula is C9H9FO3. The van der Waals surface area contributed by atoms with Crippen LogP contribution in [-0.2, 0) is 14.3 Å². The van der Waals surface area contributed by atoms with Crippen LogP contribution in [0.1, 0.15) is 12.8 Å². The molecule has 0 aromatic heterocycles. The van der Waals surface area contributed by atoms with Crippen molar-refractivity contribution in [3.05, 3.63) is 23.0 Å². The first-order valence-electron chi connectivity index (χ1n) is 3.83. The zero-order chi connectivity index (χ0) is 9.84. The SMILES string of the molecule is COC(=O)C1=C(F)CCC=C1C=O. The number of allylic oxidation sites excluding steroid dienone is 2. The number of ether oxygens (including phenoxy) is 1. The van der Waals surface area contributed by atoms with Gasteiger partial charge >= 0.3 is 5.97 Å². The molecule has 0 N–H and O–H groups in total. The second-order valence-corrected chi connectivity index (χ2v) is 2.59. The van der Waals surface area contributed by atoms with Gasteiger partial charge in [-0.15, -0.1) is 0 Å². The van der Waals surface area contributed by atoms with E-state index in [1.165, 1.54) is 6.08 Å². The number of esters is 1. The minimum Gasteiger partial charge on any atom is -0.465 e. The topological polar surface area (TPSA) is 43.4 Å². The van der Waals surface area contributed by atoms with Crippen molar-refractivity contribution in [2.45, 2.75) is 12.8 Å². The summed E-state index contributed by atoms with van der Waals surface area (Å²) in [5.41, 5.74) is -0.153. The van der Waals surface area contributed by atoms with Crippen molar-refractivity contribution >= 4 is 12.3 Å². The minimum absolute atomic E-state index is 0.0793. The Morgan fingerprint density at radius 1 is 1.69 bits per heavy atom. The van der Waals surface area contributed by atoms with Gasteiger partial charge in [0.15, 0.2) is 6.29 Å². The standard InChI is InChI=1S/C9H9FO3/c1-13-9(12)8-6(5-11)3-2-4-7(8)10/h3,5H,2,4H2,1H3. The normalized spacial score (nSPS) is 16.6. The third-order valence-corrected chi connectivity index (χ3v) is 1.80. The number of carbonyl (C=O) groups excluding carboxylic acids is 2. The van der Waals surface area contributed by atoms with E-state index in [-0.39, 0.29) is 17.6 Å². The molecule has 0 amide bonds. The van der Waals surface area contributed by atoms with Gasteiger partial charge < -0.3 is 4.74 Å². The van der Waals surface area contributed by atoms with Gasteiger partial charge in [-0.25, -0.2) is 9.18 Å². The van der Waals surface area contributed by atoms with Crippen LogP contribution in [0.15, 0.2) is 23.0 Å². The number of hydrogen-bond acceptors (Lipinski definition) is 3. The smallest absolute Gasteiger partial charge is 0.341 e. The van der Waals surface area contributed by atoms with Gasteiger partial charge in [-0.3, -0.25) is 4.79 Å². The van der Waals surface area contributed by atoms with Gasteiger partial charge in [0.25, 0.3) is 0 Å². The van der Waals surface area contributed by atoms with Gasteiger partial charge in [0.05, 0.1) is 7.11 Å². The highest BCUT2D eigenvalue weighted by Crippen LogP contribution is 2.25. The average molecular weight is 184 g/mol. The number of methoxy groups -OCH3 is 1. The summed E-state index contributed by atoms with van der Waals surface area (Å²) in [6, 6.07) is 0. The largest absolute Gasteiger partial charge is 0.465 e. The van der Waals surface area contributed by atoms with Crippen molar-refractivity contribution < 1.29 is 18.7 Å². The molecule has 0 saturated heterocycles. The molecule has 3 nitrogen and oxygen atoms in total. The molecule has 0 aliphatic heterocycles. The molecule has 13 heavy (non-hydrogen) atoms. The first kappa shape index (κ1) is 9.64.